The van der Waals surface area contributed by atoms with Gasteiger partial charge < -0.3 is 9.73 Å². The van der Waals surface area contributed by atoms with Crippen LogP contribution in [0.2, 0.25) is 0 Å². The fourth-order valence-electron chi connectivity index (χ4n) is 3.02. The molecular weight excluding hydrogens is 321 g/mol. The molecule has 2 heterocycles. The Bertz CT molecular complexity index is 670. The standard InChI is InChI=1S/C17H19F3N2O2/c18-17(19,20)11-22-7-5-12(6-8-22)10-21-16(23)15-9-13-3-1-2-4-14(13)24-15/h1-4,9,12H,5-8,10-11H2,(H,21,23). The van der Waals surface area contributed by atoms with Gasteiger partial charge >= 0.3 is 6.18 Å². The molecule has 1 aromatic carbocycles. The van der Waals surface area contributed by atoms with Crippen molar-refractivity contribution in [1.82, 2.24) is 10.2 Å². The number of furan rings is 1. The van der Waals surface area contributed by atoms with Crippen LogP contribution >= 0.6 is 0 Å². The first-order valence-corrected chi connectivity index (χ1v) is 7.96. The highest BCUT2D eigenvalue weighted by Gasteiger charge is 2.32. The summed E-state index contributed by atoms with van der Waals surface area (Å²) in [6.07, 6.45) is -2.85. The lowest BCUT2D eigenvalue weighted by molar-refractivity contribution is -0.148. The molecule has 0 unspecified atom stereocenters. The maximum absolute atomic E-state index is 12.4. The zero-order valence-electron chi connectivity index (χ0n) is 13.1. The molecule has 1 aliphatic heterocycles. The summed E-state index contributed by atoms with van der Waals surface area (Å²) in [5, 5.41) is 3.68. The Morgan fingerprint density at radius 2 is 1.96 bits per heavy atom. The number of hydrogen-bond donors (Lipinski definition) is 1. The Kier molecular flexibility index (Phi) is 4.80. The minimum absolute atomic E-state index is 0.197. The van der Waals surface area contributed by atoms with Crippen molar-refractivity contribution in [2.75, 3.05) is 26.2 Å². The molecule has 7 heteroatoms. The molecule has 0 saturated carbocycles. The third-order valence-electron chi connectivity index (χ3n) is 4.31. The monoisotopic (exact) mass is 340 g/mol. The van der Waals surface area contributed by atoms with Crippen LogP contribution in [0.25, 0.3) is 11.0 Å². The second-order valence-corrected chi connectivity index (χ2v) is 6.19. The van der Waals surface area contributed by atoms with Crippen LogP contribution in [-0.4, -0.2) is 43.2 Å². The molecule has 1 aliphatic rings. The van der Waals surface area contributed by atoms with Gasteiger partial charge in [0.25, 0.3) is 5.91 Å². The van der Waals surface area contributed by atoms with E-state index < -0.39 is 12.7 Å². The van der Waals surface area contributed by atoms with E-state index >= 15 is 0 Å². The van der Waals surface area contributed by atoms with Gasteiger partial charge in [-0.15, -0.1) is 0 Å². The maximum atomic E-state index is 12.4. The van der Waals surface area contributed by atoms with Crippen LogP contribution in [0.15, 0.2) is 34.7 Å². The number of nitrogens with zero attached hydrogens (tertiary/aromatic N) is 1. The van der Waals surface area contributed by atoms with Gasteiger partial charge in [0.15, 0.2) is 5.76 Å². The van der Waals surface area contributed by atoms with Crippen molar-refractivity contribution in [3.8, 4) is 0 Å². The van der Waals surface area contributed by atoms with Gasteiger partial charge in [-0.05, 0) is 44.0 Å². The molecule has 24 heavy (non-hydrogen) atoms. The van der Waals surface area contributed by atoms with Crippen molar-refractivity contribution in [2.45, 2.75) is 19.0 Å². The molecule has 1 saturated heterocycles. The van der Waals surface area contributed by atoms with Crippen LogP contribution in [0.4, 0.5) is 13.2 Å². The van der Waals surface area contributed by atoms with Crippen molar-refractivity contribution in [3.63, 3.8) is 0 Å². The molecule has 0 bridgehead atoms. The Morgan fingerprint density at radius 1 is 1.25 bits per heavy atom. The smallest absolute Gasteiger partial charge is 0.401 e. The lowest BCUT2D eigenvalue weighted by Gasteiger charge is -2.32. The molecule has 1 N–H and O–H groups in total. The predicted molar refractivity (Wildman–Crippen MR) is 83.8 cm³/mol. The molecule has 1 fully saturated rings. The predicted octanol–water partition coefficient (Wildman–Crippen LogP) is 3.44. The summed E-state index contributed by atoms with van der Waals surface area (Å²) in [7, 11) is 0. The van der Waals surface area contributed by atoms with E-state index in [1.165, 1.54) is 4.90 Å². The Hall–Kier alpha value is -2.02. The number of amides is 1. The van der Waals surface area contributed by atoms with Crippen LogP contribution in [0.1, 0.15) is 23.4 Å². The Morgan fingerprint density at radius 3 is 2.62 bits per heavy atom. The van der Waals surface area contributed by atoms with E-state index in [2.05, 4.69) is 5.32 Å². The van der Waals surface area contributed by atoms with E-state index in [9.17, 15) is 18.0 Å². The lowest BCUT2D eigenvalue weighted by atomic mass is 9.97. The molecule has 1 aromatic heterocycles. The van der Waals surface area contributed by atoms with E-state index in [0.717, 1.165) is 5.39 Å². The van der Waals surface area contributed by atoms with Crippen molar-refractivity contribution < 1.29 is 22.4 Å². The number of hydrogen-bond acceptors (Lipinski definition) is 3. The van der Waals surface area contributed by atoms with E-state index in [4.69, 9.17) is 4.42 Å². The van der Waals surface area contributed by atoms with Crippen molar-refractivity contribution in [2.24, 2.45) is 5.92 Å². The molecule has 130 valence electrons. The maximum Gasteiger partial charge on any atom is 0.401 e. The van der Waals surface area contributed by atoms with Gasteiger partial charge in [0, 0.05) is 11.9 Å². The van der Waals surface area contributed by atoms with Crippen molar-refractivity contribution in [1.29, 1.82) is 0 Å². The average molecular weight is 340 g/mol. The number of piperidine rings is 1. The second-order valence-electron chi connectivity index (χ2n) is 6.19. The SMILES string of the molecule is O=C(NCC1CCN(CC(F)(F)F)CC1)c1cc2ccccc2o1. The highest BCUT2D eigenvalue weighted by atomic mass is 19.4. The fraction of sp³-hybridized carbons (Fsp3) is 0.471. The third kappa shape index (κ3) is 4.29. The highest BCUT2D eigenvalue weighted by molar-refractivity contribution is 5.96. The second kappa shape index (κ2) is 6.84. The quantitative estimate of drug-likeness (QED) is 0.927. The van der Waals surface area contributed by atoms with Gasteiger partial charge in [0.1, 0.15) is 5.58 Å². The summed E-state index contributed by atoms with van der Waals surface area (Å²) in [5.74, 6) is 0.164. The van der Waals surface area contributed by atoms with Crippen molar-refractivity contribution in [3.05, 3.63) is 36.1 Å². The van der Waals surface area contributed by atoms with Crippen LogP contribution in [0.5, 0.6) is 0 Å². The van der Waals surface area contributed by atoms with E-state index in [0.29, 0.717) is 38.1 Å². The topological polar surface area (TPSA) is 45.5 Å². The molecule has 0 spiro atoms. The first-order valence-electron chi connectivity index (χ1n) is 7.96. The first-order chi connectivity index (χ1) is 11.4. The summed E-state index contributed by atoms with van der Waals surface area (Å²) >= 11 is 0. The zero-order chi connectivity index (χ0) is 17.2. The fourth-order valence-corrected chi connectivity index (χ4v) is 3.02. The summed E-state index contributed by atoms with van der Waals surface area (Å²) in [5.41, 5.74) is 0.656. The van der Waals surface area contributed by atoms with Crippen LogP contribution in [0, 0.1) is 5.92 Å². The molecule has 2 aromatic rings. The normalized spacial score (nSPS) is 17.3. The Labute approximate surface area is 137 Å². The number of nitrogens with one attached hydrogen (secondary N) is 1. The summed E-state index contributed by atoms with van der Waals surface area (Å²) < 4.78 is 42.6. The number of carbonyl (C=O) groups is 1. The zero-order valence-corrected chi connectivity index (χ0v) is 13.1. The Balaban J connectivity index is 1.47. The van der Waals surface area contributed by atoms with Gasteiger partial charge in [-0.25, -0.2) is 0 Å². The number of benzene rings is 1. The van der Waals surface area contributed by atoms with Crippen molar-refractivity contribution >= 4 is 16.9 Å². The number of fused-ring (bicyclic) bond motifs is 1. The number of alkyl halides is 3. The van der Waals surface area contributed by atoms with E-state index in [1.807, 2.05) is 18.2 Å². The average Bonchev–Trinajstić information content (AvgIpc) is 2.96. The molecular formula is C17H19F3N2O2. The number of likely N-dealkylation sites (tertiary alicyclic amines) is 1. The lowest BCUT2D eigenvalue weighted by Crippen LogP contribution is -2.42. The van der Waals surface area contributed by atoms with Gasteiger partial charge in [0.05, 0.1) is 6.54 Å². The molecule has 3 rings (SSSR count). The molecule has 0 aliphatic carbocycles. The van der Waals surface area contributed by atoms with Crippen LogP contribution in [0.3, 0.4) is 0 Å². The van der Waals surface area contributed by atoms with Gasteiger partial charge in [-0.1, -0.05) is 18.2 Å². The number of para-hydroxylation sites is 1. The van der Waals surface area contributed by atoms with E-state index in [-0.39, 0.29) is 17.6 Å². The molecule has 1 amide bonds. The summed E-state index contributed by atoms with van der Waals surface area (Å²) in [6, 6.07) is 9.06. The molecule has 0 atom stereocenters. The minimum Gasteiger partial charge on any atom is -0.451 e. The van der Waals surface area contributed by atoms with Gasteiger partial charge in [-0.2, -0.15) is 13.2 Å². The number of carbonyl (C=O) groups excluding carboxylic acids is 1. The highest BCUT2D eigenvalue weighted by Crippen LogP contribution is 2.22. The first kappa shape index (κ1) is 16.8. The van der Waals surface area contributed by atoms with Crippen LogP contribution in [-0.2, 0) is 0 Å². The minimum atomic E-state index is -4.15. The van der Waals surface area contributed by atoms with E-state index in [1.54, 1.807) is 12.1 Å². The van der Waals surface area contributed by atoms with Gasteiger partial charge in [0.2, 0.25) is 0 Å². The number of halogens is 3. The van der Waals surface area contributed by atoms with Gasteiger partial charge in [-0.3, -0.25) is 9.69 Å². The number of rotatable bonds is 4. The third-order valence-corrected chi connectivity index (χ3v) is 4.31. The summed E-state index contributed by atoms with van der Waals surface area (Å²) in [6.45, 7) is 0.413. The molecule has 4 nitrogen and oxygen atoms in total. The molecule has 0 radical (unpaired) electrons. The summed E-state index contributed by atoms with van der Waals surface area (Å²) in [4.78, 5) is 13.6. The largest absolute Gasteiger partial charge is 0.451 e. The van der Waals surface area contributed by atoms with Crippen LogP contribution < -0.4 is 5.32 Å².